The van der Waals surface area contributed by atoms with E-state index in [1.54, 1.807) is 0 Å². The molecule has 13 nitrogen and oxygen atoms in total. The molecule has 0 aromatic carbocycles. The molecule has 0 radical (unpaired) electrons. The van der Waals surface area contributed by atoms with Gasteiger partial charge in [0.1, 0.15) is 23.8 Å². The average molecular weight is 668 g/mol. The van der Waals surface area contributed by atoms with Crippen LogP contribution in [-0.2, 0) is 24.0 Å². The molecule has 1 aliphatic heterocycles. The fourth-order valence-electron chi connectivity index (χ4n) is 6.99. The molecule has 1 aromatic heterocycles. The number of likely N-dealkylation sites (tertiary alicyclic amines) is 1. The fraction of sp³-hybridized carbons (Fsp3) is 0.714. The first kappa shape index (κ1) is 36.9. The van der Waals surface area contributed by atoms with Gasteiger partial charge in [0.25, 0.3) is 11.8 Å². The number of Topliss-reactive ketones (excluding diaryl/α,β-unsaturated/α-hetero) is 1. The molecule has 0 unspecified atom stereocenters. The van der Waals surface area contributed by atoms with Gasteiger partial charge >= 0.3 is 0 Å². The minimum atomic E-state index is -0.999. The molecule has 0 bridgehead atoms. The molecule has 48 heavy (non-hydrogen) atoms. The summed E-state index contributed by atoms with van der Waals surface area (Å²) in [6.07, 6.45) is 11.8. The number of carbonyl (C=O) groups excluding carboxylic acids is 6. The monoisotopic (exact) mass is 667 g/mol. The summed E-state index contributed by atoms with van der Waals surface area (Å²) in [7, 11) is 0. The zero-order chi connectivity index (χ0) is 35.0. The second-order valence-corrected chi connectivity index (χ2v) is 14.3. The lowest BCUT2D eigenvalue weighted by Gasteiger charge is -2.35. The van der Waals surface area contributed by atoms with Crippen molar-refractivity contribution >= 4 is 35.3 Å². The molecule has 13 heteroatoms. The smallest absolute Gasteiger partial charge is 0.289 e. The fourth-order valence-corrected chi connectivity index (χ4v) is 6.99. The van der Waals surface area contributed by atoms with Crippen molar-refractivity contribution in [2.24, 2.45) is 23.7 Å². The van der Waals surface area contributed by atoms with Crippen LogP contribution in [-0.4, -0.2) is 86.9 Å². The minimum Gasteiger partial charge on any atom is -0.347 e. The van der Waals surface area contributed by atoms with E-state index in [1.165, 1.54) is 23.5 Å². The van der Waals surface area contributed by atoms with Gasteiger partial charge in [-0.2, -0.15) is 0 Å². The molecule has 2 saturated carbocycles. The van der Waals surface area contributed by atoms with Crippen molar-refractivity contribution in [3.8, 4) is 0 Å². The molecular formula is C35H53N7O6. The predicted molar refractivity (Wildman–Crippen MR) is 178 cm³/mol. The summed E-state index contributed by atoms with van der Waals surface area (Å²) in [6.45, 7) is 9.83. The molecule has 0 spiro atoms. The lowest BCUT2D eigenvalue weighted by atomic mass is 9.83. The van der Waals surface area contributed by atoms with Crippen LogP contribution in [0.4, 0.5) is 0 Å². The third-order valence-corrected chi connectivity index (χ3v) is 9.92. The maximum absolute atomic E-state index is 14.3. The van der Waals surface area contributed by atoms with Crippen LogP contribution in [0.3, 0.4) is 0 Å². The van der Waals surface area contributed by atoms with Crippen molar-refractivity contribution in [2.45, 2.75) is 129 Å². The van der Waals surface area contributed by atoms with Crippen LogP contribution in [0.2, 0.25) is 0 Å². The van der Waals surface area contributed by atoms with Crippen LogP contribution in [0.25, 0.3) is 0 Å². The molecule has 5 atom stereocenters. The van der Waals surface area contributed by atoms with E-state index in [1.807, 2.05) is 34.6 Å². The Kier molecular flexibility index (Phi) is 13.1. The molecule has 3 aliphatic rings. The Bertz CT molecular complexity index is 1310. The maximum atomic E-state index is 14.3. The van der Waals surface area contributed by atoms with Gasteiger partial charge in [-0.1, -0.05) is 60.3 Å². The quantitative estimate of drug-likeness (QED) is 0.206. The van der Waals surface area contributed by atoms with Crippen LogP contribution >= 0.6 is 0 Å². The number of aromatic nitrogens is 2. The number of nitrogens with one attached hydrogen (secondary N) is 4. The predicted octanol–water partition coefficient (Wildman–Crippen LogP) is 2.30. The molecule has 1 aromatic rings. The molecule has 5 amide bonds. The maximum Gasteiger partial charge on any atom is 0.289 e. The van der Waals surface area contributed by atoms with Crippen molar-refractivity contribution in [2.75, 3.05) is 6.54 Å². The third-order valence-electron chi connectivity index (χ3n) is 9.92. The van der Waals surface area contributed by atoms with Crippen LogP contribution in [0.1, 0.15) is 109 Å². The van der Waals surface area contributed by atoms with E-state index < -0.39 is 59.5 Å². The third kappa shape index (κ3) is 9.37. The standard InChI is InChI=1S/C35H53N7O6/c1-6-10-25(30(43)34(47)38-23-13-14-23)39-33(46)29-24(20(2)3)15-18-42(29)35(48)27(21(4)5)40-32(45)28(22-11-8-7-9-12-22)41-31(44)26-19-36-16-17-37-26/h16-17,19-25,27-29H,6-15,18H2,1-5H3,(H,38,47)(H,39,46)(H,40,45)(H,41,44)/t24-,25+,27+,28+,29+/m1/s1. The van der Waals surface area contributed by atoms with Crippen molar-refractivity contribution in [3.05, 3.63) is 24.3 Å². The van der Waals surface area contributed by atoms with Crippen molar-refractivity contribution in [3.63, 3.8) is 0 Å². The Morgan fingerprint density at radius 3 is 2.19 bits per heavy atom. The minimum absolute atomic E-state index is 0.00826. The topological polar surface area (TPSA) is 180 Å². The average Bonchev–Trinajstić information content (AvgIpc) is 3.77. The van der Waals surface area contributed by atoms with Crippen molar-refractivity contribution in [1.29, 1.82) is 0 Å². The summed E-state index contributed by atoms with van der Waals surface area (Å²) in [5, 5.41) is 11.3. The number of rotatable bonds is 15. The first-order chi connectivity index (χ1) is 22.9. The van der Waals surface area contributed by atoms with Gasteiger partial charge in [0, 0.05) is 25.0 Å². The normalized spacial score (nSPS) is 21.7. The highest BCUT2D eigenvalue weighted by Crippen LogP contribution is 2.32. The SMILES string of the molecule is CCC[C@H](NC(=O)[C@@H]1[C@@H](C(C)C)CCN1C(=O)[C@@H](NC(=O)[C@@H](NC(=O)c1cnccn1)C1CCCCC1)C(C)C)C(=O)C(=O)NC1CC1. The summed E-state index contributed by atoms with van der Waals surface area (Å²) in [6, 6.07) is -3.71. The summed E-state index contributed by atoms with van der Waals surface area (Å²) < 4.78 is 0. The van der Waals surface area contributed by atoms with E-state index in [4.69, 9.17) is 0 Å². The van der Waals surface area contributed by atoms with E-state index >= 15 is 0 Å². The first-order valence-corrected chi connectivity index (χ1v) is 17.8. The summed E-state index contributed by atoms with van der Waals surface area (Å²) in [4.78, 5) is 90.6. The van der Waals surface area contributed by atoms with Gasteiger partial charge in [-0.3, -0.25) is 33.8 Å². The van der Waals surface area contributed by atoms with Crippen molar-refractivity contribution < 1.29 is 28.8 Å². The summed E-state index contributed by atoms with van der Waals surface area (Å²) in [5.41, 5.74) is 0.0955. The molecule has 4 N–H and O–H groups in total. The lowest BCUT2D eigenvalue weighted by Crippen LogP contribution is -2.61. The van der Waals surface area contributed by atoms with Crippen LogP contribution in [0, 0.1) is 23.7 Å². The Morgan fingerprint density at radius 2 is 1.60 bits per heavy atom. The number of nitrogens with zero attached hydrogens (tertiary/aromatic N) is 3. The number of amides is 5. The zero-order valence-corrected chi connectivity index (χ0v) is 29.0. The van der Waals surface area contributed by atoms with Crippen LogP contribution in [0.15, 0.2) is 18.6 Å². The Balaban J connectivity index is 1.53. The second-order valence-electron chi connectivity index (χ2n) is 14.3. The highest BCUT2D eigenvalue weighted by molar-refractivity contribution is 6.38. The molecular weight excluding hydrogens is 614 g/mol. The molecule has 2 heterocycles. The molecule has 4 rings (SSSR count). The van der Waals surface area contributed by atoms with Gasteiger partial charge in [-0.25, -0.2) is 4.98 Å². The Hall–Kier alpha value is -3.90. The highest BCUT2D eigenvalue weighted by Gasteiger charge is 2.47. The summed E-state index contributed by atoms with van der Waals surface area (Å²) in [5.74, 6) is -3.79. The number of hydrogen-bond acceptors (Lipinski definition) is 8. The van der Waals surface area contributed by atoms with Crippen molar-refractivity contribution in [1.82, 2.24) is 36.1 Å². The van der Waals surface area contributed by atoms with E-state index in [0.29, 0.717) is 25.8 Å². The molecule has 3 fully saturated rings. The Morgan fingerprint density at radius 1 is 0.896 bits per heavy atom. The van der Waals surface area contributed by atoms with Crippen LogP contribution in [0.5, 0.6) is 0 Å². The zero-order valence-electron chi connectivity index (χ0n) is 29.0. The van der Waals surface area contributed by atoms with Gasteiger partial charge in [-0.05, 0) is 62.2 Å². The number of carbonyl (C=O) groups is 6. The second kappa shape index (κ2) is 17.0. The van der Waals surface area contributed by atoms with Gasteiger partial charge < -0.3 is 26.2 Å². The molecule has 264 valence electrons. The van der Waals surface area contributed by atoms with Gasteiger partial charge in [0.2, 0.25) is 23.5 Å². The van der Waals surface area contributed by atoms with Gasteiger partial charge in [-0.15, -0.1) is 0 Å². The van der Waals surface area contributed by atoms with E-state index in [9.17, 15) is 28.8 Å². The van der Waals surface area contributed by atoms with Gasteiger partial charge in [0.05, 0.1) is 12.2 Å². The van der Waals surface area contributed by atoms with Crippen LogP contribution < -0.4 is 21.3 Å². The number of hydrogen-bond donors (Lipinski definition) is 4. The molecule has 2 aliphatic carbocycles. The summed E-state index contributed by atoms with van der Waals surface area (Å²) >= 11 is 0. The Labute approximate surface area is 283 Å². The first-order valence-electron chi connectivity index (χ1n) is 17.8. The number of ketones is 1. The highest BCUT2D eigenvalue weighted by atomic mass is 16.2. The van der Waals surface area contributed by atoms with E-state index in [-0.39, 0.29) is 35.4 Å². The van der Waals surface area contributed by atoms with E-state index in [0.717, 1.165) is 44.9 Å². The van der Waals surface area contributed by atoms with E-state index in [2.05, 4.69) is 31.2 Å². The largest absolute Gasteiger partial charge is 0.347 e. The van der Waals surface area contributed by atoms with Gasteiger partial charge in [0.15, 0.2) is 0 Å². The molecule has 1 saturated heterocycles. The lowest BCUT2D eigenvalue weighted by molar-refractivity contribution is -0.145.